The SMILES string of the molecule is Cc1ccc(-c2nc(C)sc2CC(=O)NCCCN2CCCCCC2)cc1. The molecule has 146 valence electrons. The fraction of sp³-hybridized carbons (Fsp3) is 0.545. The zero-order valence-electron chi connectivity index (χ0n) is 16.6. The molecule has 4 nitrogen and oxygen atoms in total. The first-order valence-corrected chi connectivity index (χ1v) is 11.0. The third-order valence-electron chi connectivity index (χ3n) is 5.12. The average Bonchev–Trinajstić information content (AvgIpc) is 2.84. The molecule has 5 heteroatoms. The van der Waals surface area contributed by atoms with Gasteiger partial charge in [-0.3, -0.25) is 4.79 Å². The number of likely N-dealkylation sites (tertiary alicyclic amines) is 1. The van der Waals surface area contributed by atoms with E-state index in [0.717, 1.165) is 40.7 Å². The molecule has 0 spiro atoms. The van der Waals surface area contributed by atoms with Crippen LogP contribution in [0.2, 0.25) is 0 Å². The number of hydrogen-bond donors (Lipinski definition) is 1. The largest absolute Gasteiger partial charge is 0.356 e. The van der Waals surface area contributed by atoms with Gasteiger partial charge in [-0.15, -0.1) is 11.3 Å². The molecule has 1 saturated heterocycles. The van der Waals surface area contributed by atoms with E-state index < -0.39 is 0 Å². The molecule has 27 heavy (non-hydrogen) atoms. The molecule has 3 rings (SSSR count). The minimum atomic E-state index is 0.0999. The van der Waals surface area contributed by atoms with Crippen molar-refractivity contribution in [2.75, 3.05) is 26.2 Å². The summed E-state index contributed by atoms with van der Waals surface area (Å²) in [5.74, 6) is 0.0999. The van der Waals surface area contributed by atoms with Crippen LogP contribution in [0.15, 0.2) is 24.3 Å². The highest BCUT2D eigenvalue weighted by molar-refractivity contribution is 7.12. The Kier molecular flexibility index (Phi) is 7.41. The zero-order chi connectivity index (χ0) is 19.1. The highest BCUT2D eigenvalue weighted by atomic mass is 32.1. The van der Waals surface area contributed by atoms with E-state index in [1.165, 1.54) is 44.3 Å². The quantitative estimate of drug-likeness (QED) is 0.721. The molecule has 0 saturated carbocycles. The van der Waals surface area contributed by atoms with Gasteiger partial charge >= 0.3 is 0 Å². The number of aromatic nitrogens is 1. The number of rotatable bonds is 7. The maximum Gasteiger partial charge on any atom is 0.225 e. The number of thiazole rings is 1. The van der Waals surface area contributed by atoms with E-state index in [1.54, 1.807) is 11.3 Å². The molecule has 1 aliphatic heterocycles. The average molecular weight is 386 g/mol. The molecule has 1 aliphatic rings. The summed E-state index contributed by atoms with van der Waals surface area (Å²) in [6.45, 7) is 8.37. The Bertz CT molecular complexity index is 731. The predicted molar refractivity (Wildman–Crippen MR) is 113 cm³/mol. The summed E-state index contributed by atoms with van der Waals surface area (Å²) in [5, 5.41) is 4.11. The molecule has 1 amide bonds. The smallest absolute Gasteiger partial charge is 0.225 e. The normalized spacial score (nSPS) is 15.5. The Balaban J connectivity index is 1.48. The summed E-state index contributed by atoms with van der Waals surface area (Å²) in [6, 6.07) is 8.37. The Labute approximate surface area is 167 Å². The minimum Gasteiger partial charge on any atom is -0.356 e. The number of aryl methyl sites for hydroxylation is 2. The van der Waals surface area contributed by atoms with Gasteiger partial charge in [0.2, 0.25) is 5.91 Å². The van der Waals surface area contributed by atoms with Crippen molar-refractivity contribution in [3.05, 3.63) is 39.7 Å². The molecule has 0 radical (unpaired) electrons. The molecule has 1 fully saturated rings. The van der Waals surface area contributed by atoms with Gasteiger partial charge in [-0.1, -0.05) is 42.7 Å². The van der Waals surface area contributed by atoms with Crippen LogP contribution in [0.25, 0.3) is 11.3 Å². The summed E-state index contributed by atoms with van der Waals surface area (Å²) in [4.78, 5) is 20.7. The first-order chi connectivity index (χ1) is 13.1. The first-order valence-electron chi connectivity index (χ1n) is 10.1. The molecular weight excluding hydrogens is 354 g/mol. The van der Waals surface area contributed by atoms with Crippen molar-refractivity contribution in [2.45, 2.75) is 52.4 Å². The number of nitrogens with one attached hydrogen (secondary N) is 1. The van der Waals surface area contributed by atoms with Gasteiger partial charge in [0.15, 0.2) is 0 Å². The van der Waals surface area contributed by atoms with Crippen LogP contribution >= 0.6 is 11.3 Å². The van der Waals surface area contributed by atoms with Crippen LogP contribution in [-0.4, -0.2) is 42.0 Å². The van der Waals surface area contributed by atoms with Gasteiger partial charge in [0, 0.05) is 17.0 Å². The fourth-order valence-corrected chi connectivity index (χ4v) is 4.58. The van der Waals surface area contributed by atoms with Crippen LogP contribution in [-0.2, 0) is 11.2 Å². The minimum absolute atomic E-state index is 0.0999. The highest BCUT2D eigenvalue weighted by Gasteiger charge is 2.15. The van der Waals surface area contributed by atoms with Crippen molar-refractivity contribution in [1.29, 1.82) is 0 Å². The zero-order valence-corrected chi connectivity index (χ0v) is 17.4. The number of carbonyl (C=O) groups excluding carboxylic acids is 1. The lowest BCUT2D eigenvalue weighted by Crippen LogP contribution is -2.31. The van der Waals surface area contributed by atoms with Gasteiger partial charge in [-0.05, 0) is 52.7 Å². The van der Waals surface area contributed by atoms with E-state index in [-0.39, 0.29) is 5.91 Å². The van der Waals surface area contributed by atoms with E-state index >= 15 is 0 Å². The van der Waals surface area contributed by atoms with Crippen LogP contribution in [0.3, 0.4) is 0 Å². The van der Waals surface area contributed by atoms with Gasteiger partial charge in [0.25, 0.3) is 0 Å². The Morgan fingerprint density at radius 3 is 2.52 bits per heavy atom. The maximum absolute atomic E-state index is 12.4. The molecule has 2 aromatic rings. The van der Waals surface area contributed by atoms with Gasteiger partial charge in [-0.25, -0.2) is 4.98 Å². The molecule has 0 atom stereocenters. The fourth-order valence-electron chi connectivity index (χ4n) is 3.62. The van der Waals surface area contributed by atoms with Crippen LogP contribution < -0.4 is 5.32 Å². The monoisotopic (exact) mass is 385 g/mol. The molecule has 1 aromatic carbocycles. The summed E-state index contributed by atoms with van der Waals surface area (Å²) in [6.07, 6.45) is 6.81. The Morgan fingerprint density at radius 2 is 1.81 bits per heavy atom. The van der Waals surface area contributed by atoms with Crippen molar-refractivity contribution >= 4 is 17.2 Å². The number of nitrogens with zero attached hydrogens (tertiary/aromatic N) is 2. The molecule has 0 unspecified atom stereocenters. The molecule has 2 heterocycles. The lowest BCUT2D eigenvalue weighted by Gasteiger charge is -2.19. The third kappa shape index (κ3) is 6.15. The van der Waals surface area contributed by atoms with E-state index in [9.17, 15) is 4.79 Å². The van der Waals surface area contributed by atoms with E-state index in [1.807, 2.05) is 6.92 Å². The number of hydrogen-bond acceptors (Lipinski definition) is 4. The second kappa shape index (κ2) is 10.00. The van der Waals surface area contributed by atoms with E-state index in [0.29, 0.717) is 6.42 Å². The van der Waals surface area contributed by atoms with Crippen molar-refractivity contribution in [1.82, 2.24) is 15.2 Å². The first kappa shape index (κ1) is 20.0. The predicted octanol–water partition coefficient (Wildman–Crippen LogP) is 4.35. The van der Waals surface area contributed by atoms with E-state index in [4.69, 9.17) is 0 Å². The van der Waals surface area contributed by atoms with Crippen molar-refractivity contribution in [3.63, 3.8) is 0 Å². The van der Waals surface area contributed by atoms with Crippen LogP contribution in [0.1, 0.15) is 47.6 Å². The summed E-state index contributed by atoms with van der Waals surface area (Å²) in [5.41, 5.74) is 3.28. The lowest BCUT2D eigenvalue weighted by atomic mass is 10.1. The third-order valence-corrected chi connectivity index (χ3v) is 6.09. The van der Waals surface area contributed by atoms with Gasteiger partial charge in [0.1, 0.15) is 0 Å². The standard InChI is InChI=1S/C22H31N3OS/c1-17-8-10-19(11-9-17)22-20(27-18(2)24-22)16-21(26)23-12-7-15-25-13-5-3-4-6-14-25/h8-11H,3-7,12-16H2,1-2H3,(H,23,26). The maximum atomic E-state index is 12.4. The number of carbonyl (C=O) groups is 1. The van der Waals surface area contributed by atoms with Gasteiger partial charge in [0.05, 0.1) is 17.1 Å². The summed E-state index contributed by atoms with van der Waals surface area (Å²) >= 11 is 1.63. The van der Waals surface area contributed by atoms with Gasteiger partial charge in [-0.2, -0.15) is 0 Å². The topological polar surface area (TPSA) is 45.2 Å². The van der Waals surface area contributed by atoms with Crippen molar-refractivity contribution in [3.8, 4) is 11.3 Å². The Hall–Kier alpha value is -1.72. The summed E-state index contributed by atoms with van der Waals surface area (Å²) < 4.78 is 0. The number of benzene rings is 1. The molecular formula is C22H31N3OS. The van der Waals surface area contributed by atoms with Crippen LogP contribution in [0.4, 0.5) is 0 Å². The van der Waals surface area contributed by atoms with Gasteiger partial charge < -0.3 is 10.2 Å². The van der Waals surface area contributed by atoms with E-state index in [2.05, 4.69) is 46.4 Å². The lowest BCUT2D eigenvalue weighted by molar-refractivity contribution is -0.120. The molecule has 1 aromatic heterocycles. The molecule has 1 N–H and O–H groups in total. The number of amides is 1. The van der Waals surface area contributed by atoms with Crippen molar-refractivity contribution in [2.24, 2.45) is 0 Å². The second-order valence-electron chi connectivity index (χ2n) is 7.51. The van der Waals surface area contributed by atoms with Crippen LogP contribution in [0, 0.1) is 13.8 Å². The summed E-state index contributed by atoms with van der Waals surface area (Å²) in [7, 11) is 0. The molecule has 0 bridgehead atoms. The Morgan fingerprint density at radius 1 is 1.11 bits per heavy atom. The molecule has 0 aliphatic carbocycles. The highest BCUT2D eigenvalue weighted by Crippen LogP contribution is 2.28. The van der Waals surface area contributed by atoms with Crippen LogP contribution in [0.5, 0.6) is 0 Å². The van der Waals surface area contributed by atoms with Crippen molar-refractivity contribution < 1.29 is 4.79 Å². The second-order valence-corrected chi connectivity index (χ2v) is 8.79.